The Hall–Kier alpha value is -4.13. The number of carbonyl (C=O) groups is 2. The summed E-state index contributed by atoms with van der Waals surface area (Å²) in [6.45, 7) is 5.86. The van der Waals surface area contributed by atoms with E-state index in [9.17, 15) is 19.5 Å². The molecule has 0 radical (unpaired) electrons. The Bertz CT molecular complexity index is 1570. The molecular weight excluding hydrogens is 508 g/mol. The number of aliphatic hydroxyl groups is 2. The summed E-state index contributed by atoms with van der Waals surface area (Å²) in [6.07, 6.45) is 2.54. The minimum atomic E-state index is -1.79. The molecule has 1 aromatic carbocycles. The molecule has 4 rings (SSSR count). The van der Waals surface area contributed by atoms with Gasteiger partial charge >= 0.3 is 17.6 Å². The number of hydrogen-bond donors (Lipinski definition) is 4. The van der Waals surface area contributed by atoms with Crippen LogP contribution in [0.5, 0.6) is 0 Å². The van der Waals surface area contributed by atoms with Crippen LogP contribution in [0.2, 0.25) is 0 Å². The number of aryl methyl sites for hydroxylation is 1. The van der Waals surface area contributed by atoms with Crippen LogP contribution >= 0.6 is 0 Å². The number of carboxylic acid groups (broad SMARTS) is 2. The van der Waals surface area contributed by atoms with E-state index in [2.05, 4.69) is 9.97 Å². The van der Waals surface area contributed by atoms with Crippen molar-refractivity contribution in [2.24, 2.45) is 7.05 Å². The third-order valence-electron chi connectivity index (χ3n) is 6.24. The third kappa shape index (κ3) is 6.66. The lowest BCUT2D eigenvalue weighted by atomic mass is 9.96. The normalized spacial score (nSPS) is 13.1. The second kappa shape index (κ2) is 11.7. The predicted octanol–water partition coefficient (Wildman–Crippen LogP) is 2.12. The van der Waals surface area contributed by atoms with Gasteiger partial charge in [0.05, 0.1) is 47.4 Å². The number of ether oxygens (including phenoxy) is 1. The zero-order valence-corrected chi connectivity index (χ0v) is 22.3. The van der Waals surface area contributed by atoms with Crippen molar-refractivity contribution in [1.29, 1.82) is 0 Å². The molecular formula is C27H32N4O8. The number of imidazole rings is 1. The molecule has 0 amide bonds. The van der Waals surface area contributed by atoms with Gasteiger partial charge in [0.2, 0.25) is 0 Å². The second-order valence-electron chi connectivity index (χ2n) is 9.70. The zero-order valence-electron chi connectivity index (χ0n) is 22.3. The summed E-state index contributed by atoms with van der Waals surface area (Å²) in [7, 11) is 3.40. The van der Waals surface area contributed by atoms with Gasteiger partial charge in [-0.15, -0.1) is 0 Å². The highest BCUT2D eigenvalue weighted by atomic mass is 16.5. The largest absolute Gasteiger partial charge is 0.481 e. The van der Waals surface area contributed by atoms with Crippen LogP contribution in [0.15, 0.2) is 47.7 Å². The second-order valence-corrected chi connectivity index (χ2v) is 9.70. The van der Waals surface area contributed by atoms with Gasteiger partial charge in [-0.05, 0) is 44.5 Å². The molecule has 0 fully saturated rings. The Labute approximate surface area is 223 Å². The van der Waals surface area contributed by atoms with E-state index in [0.717, 1.165) is 38.6 Å². The number of rotatable bonds is 8. The Morgan fingerprint density at radius 1 is 1.10 bits per heavy atom. The van der Waals surface area contributed by atoms with Crippen LogP contribution in [-0.4, -0.2) is 70.8 Å². The highest BCUT2D eigenvalue weighted by Crippen LogP contribution is 2.30. The molecule has 0 aliphatic rings. The van der Waals surface area contributed by atoms with Crippen molar-refractivity contribution in [3.63, 3.8) is 0 Å². The molecule has 208 valence electrons. The van der Waals surface area contributed by atoms with Crippen LogP contribution in [0.3, 0.4) is 0 Å². The minimum absolute atomic E-state index is 0.0979. The number of hydrogen-bond acceptors (Lipinski definition) is 8. The summed E-state index contributed by atoms with van der Waals surface area (Å²) in [5.41, 5.74) is 3.91. The molecule has 0 spiro atoms. The molecule has 0 bridgehead atoms. The number of benzene rings is 1. The number of fused-ring (bicyclic) bond motifs is 3. The maximum absolute atomic E-state index is 12.9. The van der Waals surface area contributed by atoms with Gasteiger partial charge in [0.1, 0.15) is 0 Å². The summed E-state index contributed by atoms with van der Waals surface area (Å²) in [5, 5.41) is 35.4. The minimum Gasteiger partial charge on any atom is -0.481 e. The number of nitrogens with zero attached hydrogens (tertiary/aromatic N) is 4. The number of aliphatic hydroxyl groups excluding tert-OH is 1. The average Bonchev–Trinajstić information content (AvgIpc) is 3.12. The van der Waals surface area contributed by atoms with E-state index in [1.807, 2.05) is 31.2 Å². The average molecular weight is 541 g/mol. The number of carboxylic acids is 2. The molecule has 4 N–H and O–H groups in total. The van der Waals surface area contributed by atoms with Gasteiger partial charge in [0.25, 0.3) is 0 Å². The Kier molecular flexibility index (Phi) is 8.85. The first-order valence-corrected chi connectivity index (χ1v) is 12.1. The van der Waals surface area contributed by atoms with Crippen LogP contribution in [-0.2, 0) is 33.5 Å². The van der Waals surface area contributed by atoms with Gasteiger partial charge in [-0.25, -0.2) is 9.59 Å². The fourth-order valence-electron chi connectivity index (χ4n) is 3.94. The van der Waals surface area contributed by atoms with Crippen molar-refractivity contribution in [3.05, 3.63) is 58.9 Å². The van der Waals surface area contributed by atoms with Gasteiger partial charge in [0, 0.05) is 43.1 Å². The van der Waals surface area contributed by atoms with E-state index < -0.39 is 30.1 Å². The van der Waals surface area contributed by atoms with Gasteiger partial charge in [0.15, 0.2) is 6.10 Å². The molecule has 0 saturated carbocycles. The van der Waals surface area contributed by atoms with Crippen molar-refractivity contribution in [1.82, 2.24) is 19.1 Å². The molecule has 2 atom stereocenters. The first-order valence-electron chi connectivity index (χ1n) is 12.1. The molecule has 3 aromatic heterocycles. The highest BCUT2D eigenvalue weighted by molar-refractivity contribution is 6.04. The molecule has 39 heavy (non-hydrogen) atoms. The van der Waals surface area contributed by atoms with Gasteiger partial charge in [-0.1, -0.05) is 6.07 Å². The van der Waals surface area contributed by atoms with Gasteiger partial charge < -0.3 is 25.2 Å². The summed E-state index contributed by atoms with van der Waals surface area (Å²) in [4.78, 5) is 41.2. The fourth-order valence-corrected chi connectivity index (χ4v) is 3.94. The Morgan fingerprint density at radius 3 is 2.36 bits per heavy atom. The predicted molar refractivity (Wildman–Crippen MR) is 143 cm³/mol. The van der Waals surface area contributed by atoms with Gasteiger partial charge in [-0.3, -0.25) is 23.9 Å². The van der Waals surface area contributed by atoms with Crippen LogP contribution in [0.4, 0.5) is 0 Å². The van der Waals surface area contributed by atoms with Crippen molar-refractivity contribution in [2.45, 2.75) is 51.5 Å². The number of aromatic nitrogens is 4. The lowest BCUT2D eigenvalue weighted by molar-refractivity contribution is -0.152. The summed E-state index contributed by atoms with van der Waals surface area (Å²) < 4.78 is 8.77. The molecule has 12 nitrogen and oxygen atoms in total. The number of pyridine rings is 2. The van der Waals surface area contributed by atoms with E-state index in [4.69, 9.17) is 20.1 Å². The lowest BCUT2D eigenvalue weighted by Gasteiger charge is -2.18. The molecule has 1 unspecified atom stereocenters. The zero-order chi connectivity index (χ0) is 29.1. The van der Waals surface area contributed by atoms with Crippen LogP contribution in [0.1, 0.15) is 32.8 Å². The molecule has 4 aromatic rings. The maximum Gasteiger partial charge on any atom is 0.333 e. The van der Waals surface area contributed by atoms with Crippen molar-refractivity contribution in [2.75, 3.05) is 7.11 Å². The SMILES string of the molecule is CO[C@@H](C)Cn1c(=O)n(C)c2cnc3ccc(-c4cncc(C(C)(C)O)c4)cc3c21.O=C(O)CC(O)C(=O)O. The topological polar surface area (TPSA) is 177 Å². The van der Waals surface area contributed by atoms with Crippen LogP contribution < -0.4 is 5.69 Å². The molecule has 0 aliphatic heterocycles. The number of aliphatic carboxylic acids is 2. The monoisotopic (exact) mass is 540 g/mol. The molecule has 0 saturated heterocycles. The van der Waals surface area contributed by atoms with E-state index >= 15 is 0 Å². The van der Waals surface area contributed by atoms with Crippen LogP contribution in [0, 0.1) is 0 Å². The van der Waals surface area contributed by atoms with E-state index in [0.29, 0.717) is 6.54 Å². The van der Waals surface area contributed by atoms with E-state index in [-0.39, 0.29) is 11.8 Å². The summed E-state index contributed by atoms with van der Waals surface area (Å²) in [5.74, 6) is -2.85. The Morgan fingerprint density at radius 2 is 1.79 bits per heavy atom. The van der Waals surface area contributed by atoms with E-state index in [1.54, 1.807) is 55.7 Å². The summed E-state index contributed by atoms with van der Waals surface area (Å²) in [6, 6.07) is 7.90. The van der Waals surface area contributed by atoms with Crippen molar-refractivity contribution < 1.29 is 34.8 Å². The quantitative estimate of drug-likeness (QED) is 0.259. The van der Waals surface area contributed by atoms with E-state index in [1.165, 1.54) is 0 Å². The van der Waals surface area contributed by atoms with Crippen LogP contribution in [0.25, 0.3) is 33.1 Å². The Balaban J connectivity index is 0.000000403. The highest BCUT2D eigenvalue weighted by Gasteiger charge is 2.19. The molecule has 0 aliphatic carbocycles. The van der Waals surface area contributed by atoms with Gasteiger partial charge in [-0.2, -0.15) is 0 Å². The van der Waals surface area contributed by atoms with Crippen molar-refractivity contribution in [3.8, 4) is 11.1 Å². The standard InChI is InChI=1S/C23H26N4O3.C4H6O5/c1-14(30-5)13-27-21-18-9-15(16-8-17(11-24-10-16)23(2,3)29)6-7-19(18)25-12-20(21)26(4)22(27)28;5-2(4(8)9)1-3(6)7/h6-12,14,29H,13H2,1-5H3;2,5H,1H2,(H,6,7)(H,8,9)/t14-;/m0./s1. The maximum atomic E-state index is 12.9. The summed E-state index contributed by atoms with van der Waals surface area (Å²) >= 11 is 0. The van der Waals surface area contributed by atoms with Crippen molar-refractivity contribution >= 4 is 33.9 Å². The fraction of sp³-hybridized carbons (Fsp3) is 0.370. The first-order chi connectivity index (χ1) is 18.2. The lowest BCUT2D eigenvalue weighted by Crippen LogP contribution is -2.27. The third-order valence-corrected chi connectivity index (χ3v) is 6.24. The number of methoxy groups -OCH3 is 1. The smallest absolute Gasteiger partial charge is 0.333 e. The first kappa shape index (κ1) is 29.4. The molecule has 12 heteroatoms. The molecule has 3 heterocycles.